The highest BCUT2D eigenvalue weighted by Gasteiger charge is 2.39. The molecule has 1 saturated heterocycles. The van der Waals surface area contributed by atoms with Gasteiger partial charge in [0.1, 0.15) is 0 Å². The Labute approximate surface area is 135 Å². The Bertz CT molecular complexity index is 435. The van der Waals surface area contributed by atoms with Crippen LogP contribution < -0.4 is 11.5 Å². The molecule has 1 heterocycles. The molecule has 1 aliphatic carbocycles. The fraction of sp³-hybridized carbons (Fsp3) is 0.800. The van der Waals surface area contributed by atoms with Gasteiger partial charge in [-0.25, -0.2) is 0 Å². The van der Waals surface area contributed by atoms with E-state index < -0.39 is 0 Å². The van der Waals surface area contributed by atoms with Gasteiger partial charge in [-0.05, 0) is 43.8 Å². The van der Waals surface area contributed by atoms with E-state index in [-0.39, 0.29) is 28.9 Å². The number of amidine groups is 1. The highest BCUT2D eigenvalue weighted by molar-refractivity contribution is 8.00. The van der Waals surface area contributed by atoms with Crippen molar-refractivity contribution in [1.82, 2.24) is 4.90 Å². The van der Waals surface area contributed by atoms with Crippen LogP contribution in [-0.2, 0) is 9.59 Å². The number of carbonyl (C=O) groups excluding carboxylic acids is 2. The predicted octanol–water partition coefficient (Wildman–Crippen LogP) is 1.08. The summed E-state index contributed by atoms with van der Waals surface area (Å²) in [5, 5.41) is 6.93. The molecule has 5 N–H and O–H groups in total. The van der Waals surface area contributed by atoms with Crippen molar-refractivity contribution in [2.24, 2.45) is 17.4 Å². The molecule has 2 amide bonds. The molecule has 2 rings (SSSR count). The van der Waals surface area contributed by atoms with E-state index in [0.29, 0.717) is 25.3 Å². The smallest absolute Gasteiger partial charge is 0.242 e. The maximum atomic E-state index is 12.4. The van der Waals surface area contributed by atoms with Crippen molar-refractivity contribution in [2.75, 3.05) is 12.3 Å². The van der Waals surface area contributed by atoms with Gasteiger partial charge in [0, 0.05) is 25.4 Å². The standard InChI is InChI=1S/C15H26N4O2S/c16-11-5-3-10(4-6-11)9-19-14(20)8-12(15(19)21)22-7-1-2-13(17)18/h10-12H,1-9,16H2,(H3,17,18). The van der Waals surface area contributed by atoms with Crippen molar-refractivity contribution in [1.29, 1.82) is 5.41 Å². The lowest BCUT2D eigenvalue weighted by molar-refractivity contribution is -0.139. The summed E-state index contributed by atoms with van der Waals surface area (Å²) in [5.74, 6) is 1.27. The Kier molecular flexibility index (Phi) is 6.26. The molecule has 1 atom stereocenters. The molecule has 0 aromatic heterocycles. The van der Waals surface area contributed by atoms with Crippen molar-refractivity contribution >= 4 is 29.4 Å². The van der Waals surface area contributed by atoms with E-state index in [1.54, 1.807) is 0 Å². The number of nitrogens with one attached hydrogen (secondary N) is 1. The third kappa shape index (κ3) is 4.71. The summed E-state index contributed by atoms with van der Waals surface area (Å²) < 4.78 is 0. The Hall–Kier alpha value is -1.08. The second kappa shape index (κ2) is 7.97. The van der Waals surface area contributed by atoms with Crippen molar-refractivity contribution in [3.63, 3.8) is 0 Å². The maximum absolute atomic E-state index is 12.4. The quantitative estimate of drug-likeness (QED) is 0.280. The lowest BCUT2D eigenvalue weighted by Crippen LogP contribution is -2.38. The first-order valence-electron chi connectivity index (χ1n) is 8.01. The molecule has 22 heavy (non-hydrogen) atoms. The minimum atomic E-state index is -0.245. The van der Waals surface area contributed by atoms with Crippen LogP contribution in [0.3, 0.4) is 0 Å². The van der Waals surface area contributed by atoms with E-state index in [0.717, 1.165) is 37.9 Å². The minimum absolute atomic E-state index is 0.0345. The lowest BCUT2D eigenvalue weighted by Gasteiger charge is -2.28. The van der Waals surface area contributed by atoms with E-state index in [4.69, 9.17) is 16.9 Å². The van der Waals surface area contributed by atoms with Gasteiger partial charge in [-0.1, -0.05) is 0 Å². The lowest BCUT2D eigenvalue weighted by atomic mass is 9.86. The molecular weight excluding hydrogens is 300 g/mol. The molecule has 1 saturated carbocycles. The van der Waals surface area contributed by atoms with Gasteiger partial charge in [0.15, 0.2) is 0 Å². The first kappa shape index (κ1) is 17.3. The van der Waals surface area contributed by atoms with Crippen molar-refractivity contribution in [3.05, 3.63) is 0 Å². The number of rotatable bonds is 7. The zero-order valence-electron chi connectivity index (χ0n) is 12.9. The number of amides is 2. The number of hydrogen-bond donors (Lipinski definition) is 3. The van der Waals surface area contributed by atoms with E-state index in [1.165, 1.54) is 16.7 Å². The third-order valence-electron chi connectivity index (χ3n) is 4.44. The van der Waals surface area contributed by atoms with Crippen LogP contribution in [0.4, 0.5) is 0 Å². The molecule has 0 spiro atoms. The van der Waals surface area contributed by atoms with Crippen LogP contribution in [0.25, 0.3) is 0 Å². The van der Waals surface area contributed by atoms with Gasteiger partial charge in [-0.15, -0.1) is 11.8 Å². The molecule has 0 aromatic rings. The highest BCUT2D eigenvalue weighted by atomic mass is 32.2. The number of carbonyl (C=O) groups is 2. The van der Waals surface area contributed by atoms with Crippen LogP contribution in [0.1, 0.15) is 44.9 Å². The summed E-state index contributed by atoms with van der Waals surface area (Å²) in [7, 11) is 0. The van der Waals surface area contributed by atoms with Crippen LogP contribution in [-0.4, -0.2) is 46.1 Å². The van der Waals surface area contributed by atoms with Crippen LogP contribution in [0, 0.1) is 11.3 Å². The molecule has 124 valence electrons. The molecule has 0 radical (unpaired) electrons. The molecule has 1 aliphatic heterocycles. The van der Waals surface area contributed by atoms with Crippen LogP contribution in [0.2, 0.25) is 0 Å². The molecule has 2 fully saturated rings. The van der Waals surface area contributed by atoms with Gasteiger partial charge in [0.25, 0.3) is 0 Å². The van der Waals surface area contributed by atoms with Gasteiger partial charge in [-0.3, -0.25) is 19.9 Å². The Morgan fingerprint density at radius 2 is 1.95 bits per heavy atom. The number of imide groups is 1. The van der Waals surface area contributed by atoms with E-state index in [1.807, 2.05) is 0 Å². The number of nitrogens with zero attached hydrogens (tertiary/aromatic N) is 1. The Balaban J connectivity index is 1.77. The molecule has 2 aliphatic rings. The van der Waals surface area contributed by atoms with Gasteiger partial charge < -0.3 is 11.5 Å². The molecular formula is C15H26N4O2S. The fourth-order valence-electron chi connectivity index (χ4n) is 3.09. The molecule has 1 unspecified atom stereocenters. The second-order valence-corrected chi connectivity index (χ2v) is 7.63. The average molecular weight is 326 g/mol. The average Bonchev–Trinajstić information content (AvgIpc) is 2.73. The fourth-order valence-corrected chi connectivity index (χ4v) is 4.22. The van der Waals surface area contributed by atoms with Crippen LogP contribution >= 0.6 is 11.8 Å². The molecule has 7 heteroatoms. The zero-order chi connectivity index (χ0) is 16.1. The zero-order valence-corrected chi connectivity index (χ0v) is 13.7. The summed E-state index contributed by atoms with van der Waals surface area (Å²) in [6.45, 7) is 0.564. The van der Waals surface area contributed by atoms with Crippen molar-refractivity contribution in [2.45, 2.75) is 56.2 Å². The van der Waals surface area contributed by atoms with Gasteiger partial charge in [0.2, 0.25) is 11.8 Å². The molecule has 0 bridgehead atoms. The van der Waals surface area contributed by atoms with Crippen molar-refractivity contribution < 1.29 is 9.59 Å². The second-order valence-electron chi connectivity index (χ2n) is 6.32. The summed E-state index contributed by atoms with van der Waals surface area (Å²) >= 11 is 1.52. The van der Waals surface area contributed by atoms with Crippen LogP contribution in [0.15, 0.2) is 0 Å². The first-order valence-corrected chi connectivity index (χ1v) is 9.06. The number of thioether (sulfide) groups is 1. The first-order chi connectivity index (χ1) is 10.5. The van der Waals surface area contributed by atoms with E-state index in [9.17, 15) is 9.59 Å². The molecule has 0 aromatic carbocycles. The van der Waals surface area contributed by atoms with E-state index >= 15 is 0 Å². The summed E-state index contributed by atoms with van der Waals surface area (Å²) in [5.41, 5.74) is 11.2. The van der Waals surface area contributed by atoms with Gasteiger partial charge >= 0.3 is 0 Å². The minimum Gasteiger partial charge on any atom is -0.388 e. The monoisotopic (exact) mass is 326 g/mol. The Morgan fingerprint density at radius 3 is 2.59 bits per heavy atom. The maximum Gasteiger partial charge on any atom is 0.242 e. The SMILES string of the molecule is N=C(N)CCCSC1CC(=O)N(CC2CCC(N)CC2)C1=O. The predicted molar refractivity (Wildman–Crippen MR) is 88.7 cm³/mol. The normalized spacial score (nSPS) is 29.1. The van der Waals surface area contributed by atoms with Crippen molar-refractivity contribution in [3.8, 4) is 0 Å². The third-order valence-corrected chi connectivity index (χ3v) is 5.74. The van der Waals surface area contributed by atoms with Gasteiger partial charge in [0.05, 0.1) is 11.1 Å². The number of hydrogen-bond acceptors (Lipinski definition) is 5. The number of likely N-dealkylation sites (tertiary alicyclic amines) is 1. The molecule has 6 nitrogen and oxygen atoms in total. The summed E-state index contributed by atoms with van der Waals surface area (Å²) in [6, 6.07) is 0.283. The largest absolute Gasteiger partial charge is 0.388 e. The van der Waals surface area contributed by atoms with E-state index in [2.05, 4.69) is 0 Å². The summed E-state index contributed by atoms with van der Waals surface area (Å²) in [6.07, 6.45) is 5.64. The number of nitrogens with two attached hydrogens (primary N) is 2. The van der Waals surface area contributed by atoms with Crippen LogP contribution in [0.5, 0.6) is 0 Å². The summed E-state index contributed by atoms with van der Waals surface area (Å²) in [4.78, 5) is 25.9. The highest BCUT2D eigenvalue weighted by Crippen LogP contribution is 2.30. The topological polar surface area (TPSA) is 113 Å². The Morgan fingerprint density at radius 1 is 1.27 bits per heavy atom. The van der Waals surface area contributed by atoms with Gasteiger partial charge in [-0.2, -0.15) is 0 Å².